The van der Waals surface area contributed by atoms with Crippen LogP contribution >= 0.6 is 0 Å². The first-order chi connectivity index (χ1) is 10.3. The van der Waals surface area contributed by atoms with E-state index in [9.17, 15) is 9.59 Å². The van der Waals surface area contributed by atoms with Gasteiger partial charge in [-0.05, 0) is 17.5 Å². The summed E-state index contributed by atoms with van der Waals surface area (Å²) in [5.41, 5.74) is 2.58. The lowest BCUT2D eigenvalue weighted by Crippen LogP contribution is -2.34. The van der Waals surface area contributed by atoms with Crippen LogP contribution in [0.3, 0.4) is 0 Å². The average Bonchev–Trinajstić information content (AvgIpc) is 2.53. The number of imide groups is 1. The molecule has 1 aromatic heterocycles. The molecular weight excluding hydrogens is 266 g/mol. The number of nitrogens with zero attached hydrogens (tertiary/aromatic N) is 2. The number of benzene rings is 2. The van der Waals surface area contributed by atoms with Crippen LogP contribution in [0.5, 0.6) is 0 Å². The van der Waals surface area contributed by atoms with Crippen LogP contribution in [-0.2, 0) is 0 Å². The molecule has 1 aliphatic rings. The van der Waals surface area contributed by atoms with Gasteiger partial charge in [0.25, 0.3) is 11.8 Å². The average molecular weight is 275 g/mol. The molecule has 100 valence electrons. The Kier molecular flexibility index (Phi) is 2.35. The van der Waals surface area contributed by atoms with Crippen LogP contribution in [0.25, 0.3) is 22.0 Å². The molecule has 0 bridgehead atoms. The van der Waals surface area contributed by atoms with Gasteiger partial charge in [0, 0.05) is 34.5 Å². The van der Waals surface area contributed by atoms with Gasteiger partial charge in [-0.25, -0.2) is 0 Å². The molecule has 5 nitrogen and oxygen atoms in total. The molecule has 0 unspecified atom stereocenters. The minimum atomic E-state index is -0.366. The van der Waals surface area contributed by atoms with E-state index < -0.39 is 0 Å². The normalized spacial score (nSPS) is 13.3. The number of hydrogen-bond acceptors (Lipinski definition) is 4. The zero-order chi connectivity index (χ0) is 14.4. The summed E-state index contributed by atoms with van der Waals surface area (Å²) in [6.07, 6.45) is 4.88. The summed E-state index contributed by atoms with van der Waals surface area (Å²) in [6, 6.07) is 8.96. The third-order valence-corrected chi connectivity index (χ3v) is 3.60. The first kappa shape index (κ1) is 11.7. The van der Waals surface area contributed by atoms with E-state index >= 15 is 0 Å². The Balaban J connectivity index is 2.13. The van der Waals surface area contributed by atoms with Gasteiger partial charge in [-0.1, -0.05) is 18.2 Å². The Morgan fingerprint density at radius 1 is 0.857 bits per heavy atom. The fourth-order valence-electron chi connectivity index (χ4n) is 2.68. The fraction of sp³-hybridized carbons (Fsp3) is 0. The van der Waals surface area contributed by atoms with Gasteiger partial charge in [0.2, 0.25) is 0 Å². The second-order valence-corrected chi connectivity index (χ2v) is 4.76. The molecule has 3 aromatic rings. The van der Waals surface area contributed by atoms with Crippen LogP contribution in [0, 0.1) is 0 Å². The quantitative estimate of drug-likeness (QED) is 0.691. The van der Waals surface area contributed by atoms with Gasteiger partial charge in [-0.3, -0.25) is 24.9 Å². The Bertz CT molecular complexity index is 884. The van der Waals surface area contributed by atoms with E-state index in [-0.39, 0.29) is 11.8 Å². The van der Waals surface area contributed by atoms with Gasteiger partial charge in [0.15, 0.2) is 0 Å². The Morgan fingerprint density at radius 3 is 2.38 bits per heavy atom. The minimum absolute atomic E-state index is 0.366. The molecule has 0 atom stereocenters. The van der Waals surface area contributed by atoms with Crippen molar-refractivity contribution in [1.29, 1.82) is 0 Å². The van der Waals surface area contributed by atoms with E-state index in [1.807, 2.05) is 12.1 Å². The molecule has 21 heavy (non-hydrogen) atoms. The van der Waals surface area contributed by atoms with E-state index in [0.717, 1.165) is 10.9 Å². The van der Waals surface area contributed by atoms with Crippen LogP contribution in [0.2, 0.25) is 0 Å². The number of amides is 2. The fourth-order valence-corrected chi connectivity index (χ4v) is 2.68. The van der Waals surface area contributed by atoms with Crippen LogP contribution in [0.1, 0.15) is 20.7 Å². The van der Waals surface area contributed by atoms with Crippen LogP contribution in [0.4, 0.5) is 0 Å². The van der Waals surface area contributed by atoms with Crippen molar-refractivity contribution in [2.24, 2.45) is 0 Å². The first-order valence-electron chi connectivity index (χ1n) is 6.43. The summed E-state index contributed by atoms with van der Waals surface area (Å²) in [5.74, 6) is -0.733. The highest BCUT2D eigenvalue weighted by Crippen LogP contribution is 2.33. The summed E-state index contributed by atoms with van der Waals surface area (Å²) in [5, 5.41) is 3.85. The summed E-state index contributed by atoms with van der Waals surface area (Å²) in [7, 11) is 0. The molecule has 0 fully saturated rings. The van der Waals surface area contributed by atoms with Crippen molar-refractivity contribution in [1.82, 2.24) is 15.3 Å². The number of rotatable bonds is 1. The number of carbonyl (C=O) groups excluding carboxylic acids is 2. The highest BCUT2D eigenvalue weighted by molar-refractivity contribution is 6.26. The maximum Gasteiger partial charge on any atom is 0.258 e. The van der Waals surface area contributed by atoms with Gasteiger partial charge in [-0.2, -0.15) is 0 Å². The first-order valence-corrected chi connectivity index (χ1v) is 6.43. The summed E-state index contributed by atoms with van der Waals surface area (Å²) in [6.45, 7) is 0. The topological polar surface area (TPSA) is 72.0 Å². The maximum absolute atomic E-state index is 12.0. The van der Waals surface area contributed by atoms with Crippen molar-refractivity contribution in [2.45, 2.75) is 0 Å². The van der Waals surface area contributed by atoms with Crippen molar-refractivity contribution in [3.05, 3.63) is 60.0 Å². The van der Waals surface area contributed by atoms with Gasteiger partial charge in [0.05, 0.1) is 11.9 Å². The van der Waals surface area contributed by atoms with Crippen molar-refractivity contribution in [2.75, 3.05) is 0 Å². The Hall–Kier alpha value is -3.08. The molecule has 4 rings (SSSR count). The summed E-state index contributed by atoms with van der Waals surface area (Å²) < 4.78 is 0. The summed E-state index contributed by atoms with van der Waals surface area (Å²) >= 11 is 0. The van der Waals surface area contributed by atoms with Crippen molar-refractivity contribution < 1.29 is 9.59 Å². The number of aromatic nitrogens is 2. The zero-order valence-corrected chi connectivity index (χ0v) is 10.8. The van der Waals surface area contributed by atoms with E-state index in [0.29, 0.717) is 22.2 Å². The molecule has 0 radical (unpaired) electrons. The number of hydrogen-bond donors (Lipinski definition) is 1. The van der Waals surface area contributed by atoms with Gasteiger partial charge in [0.1, 0.15) is 0 Å². The monoisotopic (exact) mass is 275 g/mol. The molecule has 1 N–H and O–H groups in total. The second-order valence-electron chi connectivity index (χ2n) is 4.76. The zero-order valence-electron chi connectivity index (χ0n) is 10.8. The predicted octanol–water partition coefficient (Wildman–Crippen LogP) is 2.18. The predicted molar refractivity (Wildman–Crippen MR) is 76.8 cm³/mol. The standard InChI is InChI=1S/C16H9N3O2/c20-15-11-3-1-2-10-9(13-8-17-6-7-18-13)4-5-12(14(10)11)16(21)19-15/h1-8H,(H,19,20,21). The van der Waals surface area contributed by atoms with Gasteiger partial charge in [-0.15, -0.1) is 0 Å². The van der Waals surface area contributed by atoms with Gasteiger partial charge >= 0.3 is 0 Å². The molecular formula is C16H9N3O2. The van der Waals surface area contributed by atoms with Crippen LogP contribution < -0.4 is 5.32 Å². The molecule has 2 heterocycles. The van der Waals surface area contributed by atoms with E-state index in [1.54, 1.807) is 36.8 Å². The minimum Gasteiger partial charge on any atom is -0.288 e. The number of nitrogens with one attached hydrogen (secondary N) is 1. The van der Waals surface area contributed by atoms with Crippen molar-refractivity contribution in [3.8, 4) is 11.3 Å². The Morgan fingerprint density at radius 2 is 1.62 bits per heavy atom. The SMILES string of the molecule is O=C1NC(=O)c2ccc(-c3cnccn3)c3cccc1c23. The van der Waals surface area contributed by atoms with E-state index in [1.165, 1.54) is 0 Å². The third kappa shape index (κ3) is 1.64. The number of carbonyl (C=O) groups is 2. The van der Waals surface area contributed by atoms with Crippen LogP contribution in [0.15, 0.2) is 48.9 Å². The largest absolute Gasteiger partial charge is 0.288 e. The molecule has 0 saturated carbocycles. The molecule has 1 aliphatic heterocycles. The molecule has 2 amide bonds. The molecule has 0 saturated heterocycles. The highest BCUT2D eigenvalue weighted by Gasteiger charge is 2.25. The summed E-state index contributed by atoms with van der Waals surface area (Å²) in [4.78, 5) is 32.3. The van der Waals surface area contributed by atoms with Gasteiger partial charge < -0.3 is 0 Å². The Labute approximate surface area is 119 Å². The van der Waals surface area contributed by atoms with Crippen molar-refractivity contribution in [3.63, 3.8) is 0 Å². The lowest BCUT2D eigenvalue weighted by atomic mass is 9.91. The van der Waals surface area contributed by atoms with E-state index in [2.05, 4.69) is 15.3 Å². The smallest absolute Gasteiger partial charge is 0.258 e. The maximum atomic E-state index is 12.0. The molecule has 2 aromatic carbocycles. The molecule has 0 aliphatic carbocycles. The van der Waals surface area contributed by atoms with Crippen molar-refractivity contribution >= 4 is 22.6 Å². The highest BCUT2D eigenvalue weighted by atomic mass is 16.2. The van der Waals surface area contributed by atoms with E-state index in [4.69, 9.17) is 0 Å². The molecule has 5 heteroatoms. The lowest BCUT2D eigenvalue weighted by molar-refractivity contribution is 0.0845. The van der Waals surface area contributed by atoms with Crippen LogP contribution in [-0.4, -0.2) is 21.8 Å². The third-order valence-electron chi connectivity index (χ3n) is 3.60. The molecule has 0 spiro atoms. The lowest BCUT2D eigenvalue weighted by Gasteiger charge is -2.18. The second kappa shape index (κ2) is 4.21.